The van der Waals surface area contributed by atoms with Crippen molar-refractivity contribution in [3.8, 4) is 0 Å². The van der Waals surface area contributed by atoms with Crippen molar-refractivity contribution in [1.82, 2.24) is 4.90 Å². The molecule has 0 radical (unpaired) electrons. The summed E-state index contributed by atoms with van der Waals surface area (Å²) >= 11 is 0. The molecule has 7 heteroatoms. The minimum atomic E-state index is -0.858. The van der Waals surface area contributed by atoms with Crippen molar-refractivity contribution in [3.05, 3.63) is 29.8 Å². The van der Waals surface area contributed by atoms with E-state index in [1.807, 2.05) is 24.3 Å². The second kappa shape index (κ2) is 8.52. The fraction of sp³-hybridized carbons (Fsp3) is 0.550. The molecule has 0 aromatic heterocycles. The Hall–Kier alpha value is -2.41. The molecule has 146 valence electrons. The number of nitrogens with zero attached hydrogens (tertiary/aromatic N) is 2. The van der Waals surface area contributed by atoms with Crippen molar-refractivity contribution in [1.29, 1.82) is 0 Å². The number of morpholine rings is 1. The van der Waals surface area contributed by atoms with Crippen LogP contribution in [0.1, 0.15) is 25.8 Å². The van der Waals surface area contributed by atoms with Crippen LogP contribution in [0.5, 0.6) is 0 Å². The number of esters is 1. The fourth-order valence-electron chi connectivity index (χ4n) is 3.39. The summed E-state index contributed by atoms with van der Waals surface area (Å²) in [5.74, 6) is -1.37. The number of hydrogen-bond acceptors (Lipinski definition) is 5. The summed E-state index contributed by atoms with van der Waals surface area (Å²) < 4.78 is 10.6. The molecule has 1 aromatic carbocycles. The van der Waals surface area contributed by atoms with Gasteiger partial charge in [0.15, 0.2) is 6.10 Å². The zero-order valence-corrected chi connectivity index (χ0v) is 15.8. The Balaban J connectivity index is 1.57. The summed E-state index contributed by atoms with van der Waals surface area (Å²) in [5.41, 5.74) is 1.97. The van der Waals surface area contributed by atoms with Crippen LogP contribution in [0, 0.1) is 5.92 Å². The van der Waals surface area contributed by atoms with Gasteiger partial charge in [0.25, 0.3) is 5.91 Å². The summed E-state index contributed by atoms with van der Waals surface area (Å²) in [4.78, 5) is 40.4. The van der Waals surface area contributed by atoms with Crippen molar-refractivity contribution in [2.75, 3.05) is 37.7 Å². The quantitative estimate of drug-likeness (QED) is 0.728. The lowest BCUT2D eigenvalue weighted by Gasteiger charge is -2.29. The molecule has 0 spiro atoms. The van der Waals surface area contributed by atoms with Gasteiger partial charge >= 0.3 is 5.97 Å². The first-order valence-electron chi connectivity index (χ1n) is 9.46. The van der Waals surface area contributed by atoms with Crippen LogP contribution in [0.15, 0.2) is 24.3 Å². The number of amides is 2. The molecule has 0 unspecified atom stereocenters. The molecule has 27 heavy (non-hydrogen) atoms. The topological polar surface area (TPSA) is 76.2 Å². The van der Waals surface area contributed by atoms with Crippen molar-refractivity contribution >= 4 is 23.5 Å². The maximum atomic E-state index is 12.5. The Labute approximate surface area is 159 Å². The molecule has 0 bridgehead atoms. The summed E-state index contributed by atoms with van der Waals surface area (Å²) in [6, 6.07) is 7.76. The van der Waals surface area contributed by atoms with E-state index in [1.54, 1.807) is 16.7 Å². The number of carbonyl (C=O) groups is 3. The molecule has 2 fully saturated rings. The average molecular weight is 374 g/mol. The molecule has 2 heterocycles. The van der Waals surface area contributed by atoms with E-state index >= 15 is 0 Å². The molecular weight excluding hydrogens is 348 g/mol. The Kier molecular flexibility index (Phi) is 6.11. The molecule has 0 N–H and O–H groups in total. The zero-order valence-electron chi connectivity index (χ0n) is 15.8. The van der Waals surface area contributed by atoms with E-state index in [4.69, 9.17) is 9.47 Å². The third kappa shape index (κ3) is 4.47. The maximum absolute atomic E-state index is 12.5. The summed E-state index contributed by atoms with van der Waals surface area (Å²) in [5, 5.41) is 0. The molecule has 2 amide bonds. The van der Waals surface area contributed by atoms with Crippen LogP contribution in [0.2, 0.25) is 0 Å². The van der Waals surface area contributed by atoms with Crippen molar-refractivity contribution < 1.29 is 23.9 Å². The molecular formula is C20H26N2O5. The smallest absolute Gasteiger partial charge is 0.312 e. The van der Waals surface area contributed by atoms with Crippen LogP contribution >= 0.6 is 0 Å². The highest BCUT2D eigenvalue weighted by Crippen LogP contribution is 2.26. The number of anilines is 1. The molecule has 7 nitrogen and oxygen atoms in total. The normalized spacial score (nSPS) is 21.3. The van der Waals surface area contributed by atoms with Crippen molar-refractivity contribution in [2.24, 2.45) is 5.92 Å². The first kappa shape index (κ1) is 19.4. The minimum Gasteiger partial charge on any atom is -0.452 e. The Bertz CT molecular complexity index is 697. The number of ether oxygens (including phenoxy) is 2. The molecule has 0 saturated carbocycles. The van der Waals surface area contributed by atoms with E-state index in [9.17, 15) is 14.4 Å². The van der Waals surface area contributed by atoms with Gasteiger partial charge in [-0.15, -0.1) is 0 Å². The highest BCUT2D eigenvalue weighted by Gasteiger charge is 2.37. The lowest BCUT2D eigenvalue weighted by molar-refractivity contribution is -0.163. The van der Waals surface area contributed by atoms with Crippen LogP contribution < -0.4 is 4.90 Å². The zero-order chi connectivity index (χ0) is 19.4. The molecule has 2 saturated heterocycles. The van der Waals surface area contributed by atoms with Gasteiger partial charge in [0.05, 0.1) is 19.1 Å². The molecule has 3 rings (SSSR count). The van der Waals surface area contributed by atoms with Crippen LogP contribution in [-0.2, 0) is 30.3 Å². The maximum Gasteiger partial charge on any atom is 0.312 e. The van der Waals surface area contributed by atoms with Gasteiger partial charge in [-0.25, -0.2) is 0 Å². The van der Waals surface area contributed by atoms with Crippen molar-refractivity contribution in [3.63, 3.8) is 0 Å². The lowest BCUT2D eigenvalue weighted by Crippen LogP contribution is -2.46. The first-order valence-corrected chi connectivity index (χ1v) is 9.46. The van der Waals surface area contributed by atoms with E-state index in [1.165, 1.54) is 5.56 Å². The highest BCUT2D eigenvalue weighted by atomic mass is 16.5. The van der Waals surface area contributed by atoms with Crippen LogP contribution in [0.3, 0.4) is 0 Å². The third-order valence-corrected chi connectivity index (χ3v) is 5.08. The van der Waals surface area contributed by atoms with Gasteiger partial charge in [-0.2, -0.15) is 0 Å². The monoisotopic (exact) mass is 374 g/mol. The van der Waals surface area contributed by atoms with E-state index in [2.05, 4.69) is 6.92 Å². The minimum absolute atomic E-state index is 0.103. The second-order valence-electron chi connectivity index (χ2n) is 6.94. The molecule has 0 aliphatic carbocycles. The predicted molar refractivity (Wildman–Crippen MR) is 99.2 cm³/mol. The third-order valence-electron chi connectivity index (χ3n) is 5.08. The molecule has 2 aliphatic heterocycles. The Morgan fingerprint density at radius 3 is 2.52 bits per heavy atom. The van der Waals surface area contributed by atoms with Gasteiger partial charge in [0, 0.05) is 31.7 Å². The van der Waals surface area contributed by atoms with Crippen molar-refractivity contribution in [2.45, 2.75) is 32.8 Å². The SMILES string of the molecule is CCc1ccc(N2C[C@H](C(=O)O[C@@H](C)C(=O)N3CCOCC3)CC2=O)cc1. The standard InChI is InChI=1S/C20H26N2O5/c1-3-15-4-6-17(7-5-15)22-13-16(12-18(22)23)20(25)27-14(2)19(24)21-8-10-26-11-9-21/h4-7,14,16H,3,8-13H2,1-2H3/t14-,16+/m0/s1. The van der Waals surface area contributed by atoms with Crippen LogP contribution in [-0.4, -0.2) is 61.6 Å². The predicted octanol–water partition coefficient (Wildman–Crippen LogP) is 1.39. The number of carbonyl (C=O) groups excluding carboxylic acids is 3. The van der Waals surface area contributed by atoms with E-state index < -0.39 is 18.0 Å². The molecule has 1 aromatic rings. The average Bonchev–Trinajstić information content (AvgIpc) is 3.10. The first-order chi connectivity index (χ1) is 13.0. The molecule has 2 atom stereocenters. The Morgan fingerprint density at radius 1 is 1.22 bits per heavy atom. The number of aryl methyl sites for hydroxylation is 1. The largest absolute Gasteiger partial charge is 0.452 e. The van der Waals surface area contributed by atoms with Gasteiger partial charge in [0.2, 0.25) is 5.91 Å². The summed E-state index contributed by atoms with van der Waals surface area (Å²) in [6.07, 6.45) is 0.175. The van der Waals surface area contributed by atoms with Gasteiger partial charge in [-0.3, -0.25) is 14.4 Å². The summed E-state index contributed by atoms with van der Waals surface area (Å²) in [7, 11) is 0. The lowest BCUT2D eigenvalue weighted by atomic mass is 10.1. The highest BCUT2D eigenvalue weighted by molar-refractivity contribution is 5.99. The van der Waals surface area contributed by atoms with Crippen LogP contribution in [0.4, 0.5) is 5.69 Å². The van der Waals surface area contributed by atoms with E-state index in [0.717, 1.165) is 12.1 Å². The van der Waals surface area contributed by atoms with Gasteiger partial charge in [-0.05, 0) is 31.0 Å². The van der Waals surface area contributed by atoms with Gasteiger partial charge in [-0.1, -0.05) is 19.1 Å². The van der Waals surface area contributed by atoms with Crippen LogP contribution in [0.25, 0.3) is 0 Å². The number of benzene rings is 1. The second-order valence-corrected chi connectivity index (χ2v) is 6.94. The van der Waals surface area contributed by atoms with E-state index in [-0.39, 0.29) is 24.8 Å². The Morgan fingerprint density at radius 2 is 1.89 bits per heavy atom. The summed E-state index contributed by atoms with van der Waals surface area (Å²) in [6.45, 7) is 5.93. The number of hydrogen-bond donors (Lipinski definition) is 0. The fourth-order valence-corrected chi connectivity index (χ4v) is 3.39. The molecule has 2 aliphatic rings. The van der Waals surface area contributed by atoms with Gasteiger partial charge in [0.1, 0.15) is 0 Å². The van der Waals surface area contributed by atoms with Gasteiger partial charge < -0.3 is 19.3 Å². The number of rotatable bonds is 5. The van der Waals surface area contributed by atoms with E-state index in [0.29, 0.717) is 26.3 Å².